The van der Waals surface area contributed by atoms with Crippen molar-refractivity contribution in [2.45, 2.75) is 25.7 Å². The number of nitriles is 1. The first kappa shape index (κ1) is 16.7. The number of carboxylic acids is 1. The van der Waals surface area contributed by atoms with E-state index >= 15 is 0 Å². The number of anilines is 1. The number of aryl methyl sites for hydroxylation is 1. The van der Waals surface area contributed by atoms with E-state index in [1.807, 2.05) is 6.07 Å². The van der Waals surface area contributed by atoms with Gasteiger partial charge in [-0.15, -0.1) is 0 Å². The highest BCUT2D eigenvalue weighted by molar-refractivity contribution is 5.79. The summed E-state index contributed by atoms with van der Waals surface area (Å²) in [7, 11) is 1.53. The third kappa shape index (κ3) is 3.24. The molecule has 128 valence electrons. The number of rotatable bonds is 4. The van der Waals surface area contributed by atoms with E-state index in [-0.39, 0.29) is 18.2 Å². The number of nitrogens with two attached hydrogens (primary N) is 1. The summed E-state index contributed by atoms with van der Waals surface area (Å²) >= 11 is 0. The van der Waals surface area contributed by atoms with Crippen molar-refractivity contribution in [3.63, 3.8) is 0 Å². The van der Waals surface area contributed by atoms with Crippen LogP contribution in [0.4, 0.5) is 5.82 Å². The average Bonchev–Trinajstić information content (AvgIpc) is 2.60. The van der Waals surface area contributed by atoms with Crippen LogP contribution in [-0.4, -0.2) is 28.2 Å². The molecule has 0 spiro atoms. The van der Waals surface area contributed by atoms with Crippen LogP contribution >= 0.6 is 0 Å². The molecule has 0 amide bonds. The monoisotopic (exact) mass is 338 g/mol. The molecule has 0 radical (unpaired) electrons. The van der Waals surface area contributed by atoms with Crippen molar-refractivity contribution in [3.8, 4) is 23.1 Å². The summed E-state index contributed by atoms with van der Waals surface area (Å²) < 4.78 is 5.08. The summed E-state index contributed by atoms with van der Waals surface area (Å²) in [6.45, 7) is 0. The van der Waals surface area contributed by atoms with Gasteiger partial charge in [0.25, 0.3) is 0 Å². The van der Waals surface area contributed by atoms with E-state index in [0.29, 0.717) is 29.8 Å². The predicted molar refractivity (Wildman–Crippen MR) is 90.9 cm³/mol. The van der Waals surface area contributed by atoms with Crippen LogP contribution in [0.15, 0.2) is 18.3 Å². The van der Waals surface area contributed by atoms with Gasteiger partial charge in [-0.3, -0.25) is 4.79 Å². The molecule has 1 aliphatic carbocycles. The van der Waals surface area contributed by atoms with Crippen molar-refractivity contribution in [1.29, 1.82) is 5.26 Å². The number of hydrogen-bond acceptors (Lipinski definition) is 6. The highest BCUT2D eigenvalue weighted by Gasteiger charge is 2.27. The Balaban J connectivity index is 2.13. The van der Waals surface area contributed by atoms with Gasteiger partial charge in [0.1, 0.15) is 17.5 Å². The van der Waals surface area contributed by atoms with Gasteiger partial charge in [0.15, 0.2) is 0 Å². The second-order valence-corrected chi connectivity index (χ2v) is 6.08. The number of aromatic nitrogens is 2. The Morgan fingerprint density at radius 3 is 2.92 bits per heavy atom. The molecule has 0 aliphatic heterocycles. The second-order valence-electron chi connectivity index (χ2n) is 6.08. The molecule has 0 bridgehead atoms. The minimum absolute atomic E-state index is 0.0203. The predicted octanol–water partition coefficient (Wildman–Crippen LogP) is 2.19. The van der Waals surface area contributed by atoms with E-state index in [4.69, 9.17) is 15.6 Å². The van der Waals surface area contributed by atoms with Crippen molar-refractivity contribution >= 4 is 11.8 Å². The Morgan fingerprint density at radius 2 is 2.32 bits per heavy atom. The number of ether oxygens (including phenoxy) is 1. The topological polar surface area (TPSA) is 122 Å². The lowest BCUT2D eigenvalue weighted by atomic mass is 9.80. The third-order valence-corrected chi connectivity index (χ3v) is 4.50. The Hall–Kier alpha value is -3.14. The van der Waals surface area contributed by atoms with Crippen LogP contribution in [-0.2, 0) is 17.6 Å². The molecule has 2 heterocycles. The maximum Gasteiger partial charge on any atom is 0.303 e. The first-order valence-corrected chi connectivity index (χ1v) is 7.97. The number of nitrogens with zero attached hydrogens (tertiary/aromatic N) is 3. The number of carbonyl (C=O) groups is 1. The van der Waals surface area contributed by atoms with E-state index in [2.05, 4.69) is 16.0 Å². The Labute approximate surface area is 145 Å². The van der Waals surface area contributed by atoms with Crippen LogP contribution in [0.5, 0.6) is 5.88 Å². The van der Waals surface area contributed by atoms with Crippen molar-refractivity contribution in [1.82, 2.24) is 9.97 Å². The van der Waals surface area contributed by atoms with E-state index in [9.17, 15) is 10.1 Å². The van der Waals surface area contributed by atoms with Crippen molar-refractivity contribution in [3.05, 3.63) is 35.2 Å². The Bertz CT molecular complexity index is 856. The third-order valence-electron chi connectivity index (χ3n) is 4.50. The van der Waals surface area contributed by atoms with Crippen LogP contribution in [0, 0.1) is 17.2 Å². The summed E-state index contributed by atoms with van der Waals surface area (Å²) in [5, 5.41) is 18.7. The molecule has 7 nitrogen and oxygen atoms in total. The van der Waals surface area contributed by atoms with Gasteiger partial charge in [0.2, 0.25) is 5.88 Å². The molecular formula is C18H18N4O3. The van der Waals surface area contributed by atoms with Gasteiger partial charge in [0.05, 0.1) is 7.11 Å². The van der Waals surface area contributed by atoms with Gasteiger partial charge in [-0.05, 0) is 36.8 Å². The van der Waals surface area contributed by atoms with Gasteiger partial charge in [-0.25, -0.2) is 9.97 Å². The fraction of sp³-hybridized carbons (Fsp3) is 0.333. The Kier molecular flexibility index (Phi) is 4.52. The molecule has 0 aromatic carbocycles. The smallest absolute Gasteiger partial charge is 0.303 e. The van der Waals surface area contributed by atoms with E-state index in [1.54, 1.807) is 12.3 Å². The molecule has 3 rings (SSSR count). The minimum Gasteiger partial charge on any atom is -0.481 e. The SMILES string of the molecule is COc1ccc(-c2c(C#N)c(N)nc3c2CC(CC(=O)O)CC3)cn1. The lowest BCUT2D eigenvalue weighted by molar-refractivity contribution is -0.138. The fourth-order valence-corrected chi connectivity index (χ4v) is 3.35. The highest BCUT2D eigenvalue weighted by atomic mass is 16.5. The molecule has 1 unspecified atom stereocenters. The van der Waals surface area contributed by atoms with Crippen LogP contribution in [0.25, 0.3) is 11.1 Å². The molecular weight excluding hydrogens is 320 g/mol. The number of pyridine rings is 2. The van der Waals surface area contributed by atoms with Crippen molar-refractivity contribution < 1.29 is 14.6 Å². The largest absolute Gasteiger partial charge is 0.481 e. The number of nitrogen functional groups attached to an aromatic ring is 1. The normalized spacial score (nSPS) is 15.9. The zero-order valence-electron chi connectivity index (χ0n) is 13.8. The standard InChI is InChI=1S/C18H18N4O3/c1-25-15-5-3-11(9-21-15)17-12-6-10(7-16(23)24)2-4-14(12)22-18(20)13(17)8-19/h3,5,9-10H,2,4,6-7H2,1H3,(H2,20,22)(H,23,24). The zero-order chi connectivity index (χ0) is 18.0. The van der Waals surface area contributed by atoms with Gasteiger partial charge in [-0.2, -0.15) is 5.26 Å². The molecule has 25 heavy (non-hydrogen) atoms. The summed E-state index contributed by atoms with van der Waals surface area (Å²) in [5.41, 5.74) is 9.49. The van der Waals surface area contributed by atoms with E-state index in [1.165, 1.54) is 7.11 Å². The van der Waals surface area contributed by atoms with Crippen molar-refractivity contribution in [2.75, 3.05) is 12.8 Å². The first-order valence-electron chi connectivity index (χ1n) is 7.97. The van der Waals surface area contributed by atoms with Crippen LogP contribution in [0.3, 0.4) is 0 Å². The summed E-state index contributed by atoms with van der Waals surface area (Å²) in [4.78, 5) is 19.7. The van der Waals surface area contributed by atoms with Gasteiger partial charge in [-0.1, -0.05) is 0 Å². The van der Waals surface area contributed by atoms with E-state index < -0.39 is 5.97 Å². The lowest BCUT2D eigenvalue weighted by Crippen LogP contribution is -2.20. The zero-order valence-corrected chi connectivity index (χ0v) is 13.8. The quantitative estimate of drug-likeness (QED) is 0.876. The maximum absolute atomic E-state index is 11.1. The summed E-state index contributed by atoms with van der Waals surface area (Å²) in [6, 6.07) is 5.68. The molecule has 2 aromatic heterocycles. The molecule has 1 aliphatic rings. The van der Waals surface area contributed by atoms with Gasteiger partial charge in [0, 0.05) is 35.5 Å². The summed E-state index contributed by atoms with van der Waals surface area (Å²) in [5.74, 6) is -0.123. The number of aliphatic carboxylic acids is 1. The number of fused-ring (bicyclic) bond motifs is 1. The van der Waals surface area contributed by atoms with Crippen LogP contribution in [0.2, 0.25) is 0 Å². The number of carboxylic acid groups (broad SMARTS) is 1. The molecule has 0 fully saturated rings. The molecule has 2 aromatic rings. The molecule has 1 atom stereocenters. The molecule has 7 heteroatoms. The van der Waals surface area contributed by atoms with Gasteiger partial charge >= 0.3 is 5.97 Å². The molecule has 0 saturated carbocycles. The lowest BCUT2D eigenvalue weighted by Gasteiger charge is -2.26. The van der Waals surface area contributed by atoms with E-state index in [0.717, 1.165) is 23.2 Å². The summed E-state index contributed by atoms with van der Waals surface area (Å²) in [6.07, 6.45) is 3.70. The Morgan fingerprint density at radius 1 is 1.52 bits per heavy atom. The number of hydrogen-bond donors (Lipinski definition) is 2. The number of methoxy groups -OCH3 is 1. The first-order chi connectivity index (χ1) is 12.0. The van der Waals surface area contributed by atoms with Crippen molar-refractivity contribution in [2.24, 2.45) is 5.92 Å². The van der Waals surface area contributed by atoms with Crippen LogP contribution in [0.1, 0.15) is 29.7 Å². The molecule has 0 saturated heterocycles. The maximum atomic E-state index is 11.1. The molecule has 3 N–H and O–H groups in total. The van der Waals surface area contributed by atoms with Crippen LogP contribution < -0.4 is 10.5 Å². The van der Waals surface area contributed by atoms with Gasteiger partial charge < -0.3 is 15.6 Å². The average molecular weight is 338 g/mol. The highest BCUT2D eigenvalue weighted by Crippen LogP contribution is 2.38. The minimum atomic E-state index is -0.815. The second kappa shape index (κ2) is 6.77. The fourth-order valence-electron chi connectivity index (χ4n) is 3.35.